The largest absolute Gasteiger partial charge is 0.436 e. The van der Waals surface area contributed by atoms with Gasteiger partial charge in [-0.15, -0.1) is 0 Å². The number of para-hydroxylation sites is 6. The van der Waals surface area contributed by atoms with Gasteiger partial charge in [0, 0.05) is 60.2 Å². The van der Waals surface area contributed by atoms with Gasteiger partial charge in [0.15, 0.2) is 5.82 Å². The molecule has 0 radical (unpaired) electrons. The summed E-state index contributed by atoms with van der Waals surface area (Å²) in [5, 5.41) is 10.5. The van der Waals surface area contributed by atoms with Gasteiger partial charge in [-0.05, 0) is 91.0 Å². The van der Waals surface area contributed by atoms with Gasteiger partial charge in [-0.1, -0.05) is 109 Å². The van der Waals surface area contributed by atoms with Gasteiger partial charge < -0.3 is 18.1 Å². The topological polar surface area (TPSA) is 58.6 Å². The number of furan rings is 1. The maximum atomic E-state index is 6.60. The Bertz CT molecular complexity index is 4470. The van der Waals surface area contributed by atoms with E-state index in [4.69, 9.17) is 14.4 Å². The maximum Gasteiger partial charge on any atom is 0.248 e. The summed E-state index contributed by atoms with van der Waals surface area (Å²) in [7, 11) is 0. The smallest absolute Gasteiger partial charge is 0.248 e. The average molecular weight is 831 g/mol. The van der Waals surface area contributed by atoms with E-state index in [9.17, 15) is 0 Å². The molecule has 302 valence electrons. The molecular formula is C58H34N6O. The van der Waals surface area contributed by atoms with E-state index in [-0.39, 0.29) is 0 Å². The standard InChI is InChI=1S/C58H34N6O/c1-3-15-35(16-4-1)61-47-23-11-7-19-38(47)42-30-44-40-21-9-13-25-49(40)63(53(44)32-51(42)61)37-27-28-55-46(29-37)57-58(65-55)60-56(34-59-57)64-50-26-14-10-22-41(50)45-31-43-39-20-8-12-24-48(39)62(52(43)33-54(45)64)36-17-5-2-6-18-36/h1-34H. The number of fused-ring (bicyclic) bond motifs is 15. The van der Waals surface area contributed by atoms with E-state index in [1.807, 2.05) is 6.20 Å². The molecule has 7 heteroatoms. The van der Waals surface area contributed by atoms with Crippen molar-refractivity contribution in [2.45, 2.75) is 0 Å². The molecule has 15 aromatic rings. The van der Waals surface area contributed by atoms with Crippen LogP contribution in [0.15, 0.2) is 211 Å². The van der Waals surface area contributed by atoms with Crippen molar-refractivity contribution in [1.82, 2.24) is 28.2 Å². The van der Waals surface area contributed by atoms with E-state index < -0.39 is 0 Å². The van der Waals surface area contributed by atoms with Crippen LogP contribution in [0, 0.1) is 0 Å². The first-order valence-electron chi connectivity index (χ1n) is 22.0. The molecule has 15 rings (SSSR count). The summed E-state index contributed by atoms with van der Waals surface area (Å²) >= 11 is 0. The monoisotopic (exact) mass is 830 g/mol. The van der Waals surface area contributed by atoms with Crippen LogP contribution >= 0.6 is 0 Å². The van der Waals surface area contributed by atoms with Gasteiger partial charge in [-0.25, -0.2) is 4.98 Å². The third-order valence-corrected chi connectivity index (χ3v) is 13.6. The van der Waals surface area contributed by atoms with Crippen molar-refractivity contribution in [2.75, 3.05) is 0 Å². The first kappa shape index (κ1) is 34.6. The van der Waals surface area contributed by atoms with Gasteiger partial charge in [0.1, 0.15) is 11.1 Å². The summed E-state index contributed by atoms with van der Waals surface area (Å²) in [5.74, 6) is 0.699. The molecule has 0 aliphatic rings. The van der Waals surface area contributed by atoms with Crippen molar-refractivity contribution < 1.29 is 4.42 Å². The van der Waals surface area contributed by atoms with Gasteiger partial charge in [-0.2, -0.15) is 4.98 Å². The number of rotatable bonds is 4. The van der Waals surface area contributed by atoms with E-state index in [2.05, 4.69) is 218 Å². The Balaban J connectivity index is 0.938. The Kier molecular flexibility index (Phi) is 6.83. The van der Waals surface area contributed by atoms with Crippen LogP contribution in [0.3, 0.4) is 0 Å². The number of aromatic nitrogens is 6. The molecule has 0 unspecified atom stereocenters. The Labute approximate surface area is 369 Å². The molecule has 65 heavy (non-hydrogen) atoms. The van der Waals surface area contributed by atoms with Crippen molar-refractivity contribution in [3.63, 3.8) is 0 Å². The minimum Gasteiger partial charge on any atom is -0.436 e. The molecule has 0 atom stereocenters. The van der Waals surface area contributed by atoms with Crippen molar-refractivity contribution in [2.24, 2.45) is 0 Å². The Morgan fingerprint density at radius 3 is 1.22 bits per heavy atom. The predicted molar refractivity (Wildman–Crippen MR) is 267 cm³/mol. The van der Waals surface area contributed by atoms with E-state index in [1.54, 1.807) is 0 Å². The van der Waals surface area contributed by atoms with Crippen molar-refractivity contribution in [1.29, 1.82) is 0 Å². The maximum absolute atomic E-state index is 6.60. The summed E-state index contributed by atoms with van der Waals surface area (Å²) < 4.78 is 16.0. The zero-order chi connectivity index (χ0) is 42.3. The molecule has 0 saturated carbocycles. The van der Waals surface area contributed by atoms with Gasteiger partial charge in [0.25, 0.3) is 0 Å². The lowest BCUT2D eigenvalue weighted by molar-refractivity contribution is 0.651. The molecule has 0 aliphatic carbocycles. The minimum atomic E-state index is 0.497. The van der Waals surface area contributed by atoms with Crippen LogP contribution in [0.5, 0.6) is 0 Å². The molecule has 0 amide bonds. The van der Waals surface area contributed by atoms with Crippen LogP contribution in [0.25, 0.3) is 132 Å². The second-order valence-electron chi connectivity index (χ2n) is 17.0. The summed E-state index contributed by atoms with van der Waals surface area (Å²) in [6.07, 6.45) is 1.90. The van der Waals surface area contributed by atoms with E-state index in [0.717, 1.165) is 77.4 Å². The third kappa shape index (κ3) is 4.73. The summed E-state index contributed by atoms with van der Waals surface area (Å²) in [5.41, 5.74) is 14.3. The second kappa shape index (κ2) is 12.8. The summed E-state index contributed by atoms with van der Waals surface area (Å²) in [6.45, 7) is 0. The van der Waals surface area contributed by atoms with Crippen LogP contribution in [0.2, 0.25) is 0 Å². The Morgan fingerprint density at radius 2 is 0.723 bits per heavy atom. The van der Waals surface area contributed by atoms with Crippen LogP contribution in [0.4, 0.5) is 0 Å². The molecule has 0 fully saturated rings. The van der Waals surface area contributed by atoms with Gasteiger partial charge >= 0.3 is 0 Å². The third-order valence-electron chi connectivity index (χ3n) is 13.6. The zero-order valence-corrected chi connectivity index (χ0v) is 34.7. The lowest BCUT2D eigenvalue weighted by atomic mass is 10.1. The molecule has 0 N–H and O–H groups in total. The summed E-state index contributed by atoms with van der Waals surface area (Å²) in [4.78, 5) is 10.4. The highest BCUT2D eigenvalue weighted by atomic mass is 16.3. The number of benzene rings is 9. The van der Waals surface area contributed by atoms with Crippen molar-refractivity contribution in [3.05, 3.63) is 206 Å². The van der Waals surface area contributed by atoms with E-state index >= 15 is 0 Å². The van der Waals surface area contributed by atoms with E-state index in [0.29, 0.717) is 11.5 Å². The highest BCUT2D eigenvalue weighted by Gasteiger charge is 2.22. The predicted octanol–water partition coefficient (Wildman–Crippen LogP) is 14.8. The number of hydrogen-bond donors (Lipinski definition) is 0. The molecule has 0 bridgehead atoms. The van der Waals surface area contributed by atoms with Gasteiger partial charge in [0.2, 0.25) is 5.71 Å². The normalized spacial score (nSPS) is 12.3. The SMILES string of the molecule is c1ccc(-n2c3ccccc3c3cc4c5ccccc5n(-c5ccc6oc7nc(-n8c9ccccc9c9cc%10c%11ccccc%11n(-c%11ccccc%11)c%10cc98)cnc7c6c5)c4cc32)cc1. The van der Waals surface area contributed by atoms with Gasteiger partial charge in [-0.3, -0.25) is 4.57 Å². The molecule has 9 aromatic carbocycles. The molecular weight excluding hydrogens is 797 g/mol. The van der Waals surface area contributed by atoms with Crippen molar-refractivity contribution >= 4 is 109 Å². The Morgan fingerprint density at radius 1 is 0.308 bits per heavy atom. The fraction of sp³-hybridized carbons (Fsp3) is 0. The molecule has 7 nitrogen and oxygen atoms in total. The Hall–Kier alpha value is -8.94. The van der Waals surface area contributed by atoms with Crippen LogP contribution in [0.1, 0.15) is 0 Å². The molecule has 0 spiro atoms. The molecule has 6 aromatic heterocycles. The zero-order valence-electron chi connectivity index (χ0n) is 34.7. The fourth-order valence-electron chi connectivity index (χ4n) is 10.9. The minimum absolute atomic E-state index is 0.497. The fourth-order valence-corrected chi connectivity index (χ4v) is 10.9. The average Bonchev–Trinajstić information content (AvgIpc) is 4.15. The first-order chi connectivity index (χ1) is 32.2. The van der Waals surface area contributed by atoms with Crippen LogP contribution in [-0.4, -0.2) is 28.2 Å². The lowest BCUT2D eigenvalue weighted by Crippen LogP contribution is -1.99. The number of nitrogens with zero attached hydrogens (tertiary/aromatic N) is 6. The second-order valence-corrected chi connectivity index (χ2v) is 17.0. The lowest BCUT2D eigenvalue weighted by Gasteiger charge is -2.10. The molecule has 0 saturated heterocycles. The highest BCUT2D eigenvalue weighted by molar-refractivity contribution is 6.21. The van der Waals surface area contributed by atoms with Crippen LogP contribution < -0.4 is 0 Å². The van der Waals surface area contributed by atoms with Gasteiger partial charge in [0.05, 0.1) is 55.7 Å². The highest BCUT2D eigenvalue weighted by Crippen LogP contribution is 2.42. The first-order valence-corrected chi connectivity index (χ1v) is 22.0. The van der Waals surface area contributed by atoms with Crippen LogP contribution in [-0.2, 0) is 0 Å². The van der Waals surface area contributed by atoms with E-state index in [1.165, 1.54) is 43.4 Å². The quantitative estimate of drug-likeness (QED) is 0.177. The molecule has 6 heterocycles. The number of hydrogen-bond acceptors (Lipinski definition) is 3. The van der Waals surface area contributed by atoms with Crippen molar-refractivity contribution in [3.8, 4) is 22.9 Å². The summed E-state index contributed by atoms with van der Waals surface area (Å²) in [6, 6.07) is 71.7. The molecule has 0 aliphatic heterocycles.